The van der Waals surface area contributed by atoms with Crippen LogP contribution >= 0.6 is 11.3 Å². The molecule has 1 aromatic heterocycles. The molecule has 3 rings (SSSR count). The Morgan fingerprint density at radius 3 is 2.56 bits per heavy atom. The predicted molar refractivity (Wildman–Crippen MR) is 97.7 cm³/mol. The Kier molecular flexibility index (Phi) is 6.23. The molecular formula is C18H19F2NO4S2. The van der Waals surface area contributed by atoms with E-state index < -0.39 is 20.5 Å². The van der Waals surface area contributed by atoms with Crippen molar-refractivity contribution in [1.29, 1.82) is 0 Å². The summed E-state index contributed by atoms with van der Waals surface area (Å²) < 4.78 is 54.0. The van der Waals surface area contributed by atoms with Gasteiger partial charge < -0.3 is 9.64 Å². The van der Waals surface area contributed by atoms with E-state index >= 15 is 0 Å². The van der Waals surface area contributed by atoms with Crippen LogP contribution in [0.2, 0.25) is 0 Å². The highest BCUT2D eigenvalue weighted by Gasteiger charge is 2.28. The lowest BCUT2D eigenvalue weighted by Gasteiger charge is -2.25. The van der Waals surface area contributed by atoms with Crippen LogP contribution in [0.1, 0.15) is 28.1 Å². The number of benzene rings is 1. The van der Waals surface area contributed by atoms with Crippen molar-refractivity contribution in [2.75, 3.05) is 13.2 Å². The van der Waals surface area contributed by atoms with Gasteiger partial charge >= 0.3 is 5.76 Å². The Morgan fingerprint density at radius 2 is 2.00 bits per heavy atom. The molecule has 1 unspecified atom stereocenters. The van der Waals surface area contributed by atoms with Crippen LogP contribution in [0, 0.1) is 0 Å². The zero-order chi connectivity index (χ0) is 19.4. The molecule has 0 saturated carbocycles. The molecule has 0 bridgehead atoms. The summed E-state index contributed by atoms with van der Waals surface area (Å²) in [4.78, 5) is 15.1. The van der Waals surface area contributed by atoms with Gasteiger partial charge in [-0.15, -0.1) is 11.3 Å². The summed E-state index contributed by atoms with van der Waals surface area (Å²) in [6.07, 6.45) is 1.79. The van der Waals surface area contributed by atoms with Gasteiger partial charge in [-0.25, -0.2) is 8.42 Å². The van der Waals surface area contributed by atoms with Gasteiger partial charge in [0.05, 0.1) is 17.5 Å². The second-order valence-corrected chi connectivity index (χ2v) is 9.18. The molecule has 1 amide bonds. The number of halogens is 2. The Morgan fingerprint density at radius 1 is 1.26 bits per heavy atom. The first-order valence-electron chi connectivity index (χ1n) is 8.43. The molecule has 0 N–H and O–H groups in total. The van der Waals surface area contributed by atoms with E-state index in [0.29, 0.717) is 19.7 Å². The Balaban J connectivity index is 1.80. The van der Waals surface area contributed by atoms with Gasteiger partial charge in [0, 0.05) is 23.6 Å². The van der Waals surface area contributed by atoms with E-state index in [1.54, 1.807) is 4.90 Å². The molecule has 9 heteroatoms. The van der Waals surface area contributed by atoms with Crippen molar-refractivity contribution in [1.82, 2.24) is 4.90 Å². The van der Waals surface area contributed by atoms with E-state index in [0.717, 1.165) is 29.9 Å². The second kappa shape index (κ2) is 8.45. The minimum Gasteiger partial charge on any atom is -0.376 e. The zero-order valence-corrected chi connectivity index (χ0v) is 16.0. The average Bonchev–Trinajstić information content (AvgIpc) is 3.34. The third kappa shape index (κ3) is 4.72. The molecule has 0 radical (unpaired) electrons. The highest BCUT2D eigenvalue weighted by molar-refractivity contribution is 7.91. The first kappa shape index (κ1) is 19.9. The average molecular weight is 415 g/mol. The van der Waals surface area contributed by atoms with Crippen LogP contribution in [0.4, 0.5) is 8.78 Å². The van der Waals surface area contributed by atoms with E-state index in [9.17, 15) is 22.0 Å². The molecule has 1 atom stereocenters. The fraction of sp³-hybridized carbons (Fsp3) is 0.389. The van der Waals surface area contributed by atoms with E-state index in [4.69, 9.17) is 4.74 Å². The van der Waals surface area contributed by atoms with Crippen LogP contribution in [-0.4, -0.2) is 44.2 Å². The first-order valence-corrected chi connectivity index (χ1v) is 10.9. The molecule has 2 heterocycles. The lowest BCUT2D eigenvalue weighted by atomic mass is 10.1. The van der Waals surface area contributed by atoms with Crippen molar-refractivity contribution in [3.8, 4) is 0 Å². The summed E-state index contributed by atoms with van der Waals surface area (Å²) in [7, 11) is -4.68. The zero-order valence-electron chi connectivity index (χ0n) is 14.4. The number of amides is 1. The number of carbonyl (C=O) groups is 1. The molecule has 1 aliphatic heterocycles. The summed E-state index contributed by atoms with van der Waals surface area (Å²) in [6, 6.07) is 8.47. The number of rotatable bonds is 7. The monoisotopic (exact) mass is 415 g/mol. The lowest BCUT2D eigenvalue weighted by Crippen LogP contribution is -2.36. The number of ether oxygens (including phenoxy) is 1. The fourth-order valence-electron chi connectivity index (χ4n) is 2.92. The maximum atomic E-state index is 12.9. The molecule has 1 aromatic carbocycles. The molecule has 1 fully saturated rings. The number of hydrogen-bond acceptors (Lipinski definition) is 5. The van der Waals surface area contributed by atoms with Crippen molar-refractivity contribution in [2.45, 2.75) is 36.1 Å². The Bertz CT molecular complexity index is 861. The largest absolute Gasteiger partial charge is 0.376 e. The van der Waals surface area contributed by atoms with E-state index in [1.165, 1.54) is 23.5 Å². The van der Waals surface area contributed by atoms with Gasteiger partial charge in [0.1, 0.15) is 0 Å². The Labute approximate surface area is 160 Å². The van der Waals surface area contributed by atoms with Crippen LogP contribution < -0.4 is 0 Å². The van der Waals surface area contributed by atoms with E-state index in [2.05, 4.69) is 0 Å². The van der Waals surface area contributed by atoms with E-state index in [1.807, 2.05) is 17.5 Å². The van der Waals surface area contributed by atoms with Gasteiger partial charge in [0.15, 0.2) is 0 Å². The van der Waals surface area contributed by atoms with Crippen molar-refractivity contribution in [3.63, 3.8) is 0 Å². The molecule has 27 heavy (non-hydrogen) atoms. The standard InChI is InChI=1S/C18H19F2NO4S2/c19-18(20)27(23,24)16-7-5-13(6-8-16)17(22)21(11-14-3-1-9-25-14)12-15-4-2-10-26-15/h2,4-8,10,14,18H,1,3,9,11-12H2. The van der Waals surface area contributed by atoms with Crippen molar-refractivity contribution in [3.05, 3.63) is 52.2 Å². The molecule has 0 aliphatic carbocycles. The maximum Gasteiger partial charge on any atom is 0.341 e. The summed E-state index contributed by atoms with van der Waals surface area (Å²) in [5.74, 6) is -3.78. The molecule has 5 nitrogen and oxygen atoms in total. The highest BCUT2D eigenvalue weighted by Crippen LogP contribution is 2.22. The minimum atomic E-state index is -4.68. The van der Waals surface area contributed by atoms with Crippen molar-refractivity contribution in [2.24, 2.45) is 0 Å². The van der Waals surface area contributed by atoms with Crippen LogP contribution in [-0.2, 0) is 21.1 Å². The van der Waals surface area contributed by atoms with Gasteiger partial charge in [-0.2, -0.15) is 8.78 Å². The van der Waals surface area contributed by atoms with Gasteiger partial charge in [-0.3, -0.25) is 4.79 Å². The fourth-order valence-corrected chi connectivity index (χ4v) is 4.36. The topological polar surface area (TPSA) is 63.7 Å². The SMILES string of the molecule is O=C(c1ccc(S(=O)(=O)C(F)F)cc1)N(Cc1cccs1)CC1CCCO1. The summed E-state index contributed by atoms with van der Waals surface area (Å²) in [5.41, 5.74) is 0.248. The highest BCUT2D eigenvalue weighted by atomic mass is 32.2. The van der Waals surface area contributed by atoms with Gasteiger partial charge in [0.25, 0.3) is 5.91 Å². The van der Waals surface area contributed by atoms with Gasteiger partial charge in [-0.05, 0) is 48.6 Å². The third-order valence-corrected chi connectivity index (χ3v) is 6.59. The number of sulfone groups is 1. The van der Waals surface area contributed by atoms with Gasteiger partial charge in [0.2, 0.25) is 9.84 Å². The van der Waals surface area contributed by atoms with Crippen LogP contribution in [0.25, 0.3) is 0 Å². The maximum absolute atomic E-state index is 12.9. The van der Waals surface area contributed by atoms with Gasteiger partial charge in [-0.1, -0.05) is 6.07 Å². The molecule has 1 aliphatic rings. The van der Waals surface area contributed by atoms with Crippen LogP contribution in [0.5, 0.6) is 0 Å². The summed E-state index contributed by atoms with van der Waals surface area (Å²) >= 11 is 1.53. The van der Waals surface area contributed by atoms with E-state index in [-0.39, 0.29) is 17.6 Å². The summed E-state index contributed by atoms with van der Waals surface area (Å²) in [5, 5.41) is 1.92. The minimum absolute atomic E-state index is 0.0348. The smallest absolute Gasteiger partial charge is 0.341 e. The van der Waals surface area contributed by atoms with Crippen LogP contribution in [0.15, 0.2) is 46.7 Å². The van der Waals surface area contributed by atoms with Crippen LogP contribution in [0.3, 0.4) is 0 Å². The summed E-state index contributed by atoms with van der Waals surface area (Å²) in [6.45, 7) is 1.51. The van der Waals surface area contributed by atoms with Crippen molar-refractivity contribution >= 4 is 27.1 Å². The molecular weight excluding hydrogens is 396 g/mol. The molecule has 0 spiro atoms. The molecule has 1 saturated heterocycles. The number of hydrogen-bond donors (Lipinski definition) is 0. The second-order valence-electron chi connectivity index (χ2n) is 6.23. The Hall–Kier alpha value is -1.84. The number of carbonyl (C=O) groups excluding carboxylic acids is 1. The first-order chi connectivity index (χ1) is 12.9. The molecule has 2 aromatic rings. The predicted octanol–water partition coefficient (Wildman–Crippen LogP) is 3.57. The van der Waals surface area contributed by atoms with Crippen molar-refractivity contribution < 1.29 is 26.7 Å². The third-order valence-electron chi connectivity index (χ3n) is 4.33. The number of nitrogens with zero attached hydrogens (tertiary/aromatic N) is 1. The lowest BCUT2D eigenvalue weighted by molar-refractivity contribution is 0.0509. The normalized spacial score (nSPS) is 17.4. The number of alkyl halides is 2. The molecule has 146 valence electrons. The quantitative estimate of drug-likeness (QED) is 0.694. The number of thiophene rings is 1.